The van der Waals surface area contributed by atoms with Crippen LogP contribution in [0.15, 0.2) is 0 Å². The zero-order chi connectivity index (χ0) is 12.1. The van der Waals surface area contributed by atoms with Gasteiger partial charge in [0.25, 0.3) is 0 Å². The Kier molecular flexibility index (Phi) is 2.56. The summed E-state index contributed by atoms with van der Waals surface area (Å²) in [4.78, 5) is 12.1. The van der Waals surface area contributed by atoms with Crippen LogP contribution < -0.4 is 10.6 Å². The summed E-state index contributed by atoms with van der Waals surface area (Å²) >= 11 is 0. The van der Waals surface area contributed by atoms with Gasteiger partial charge < -0.3 is 10.6 Å². The van der Waals surface area contributed by atoms with Crippen LogP contribution in [0.25, 0.3) is 0 Å². The van der Waals surface area contributed by atoms with Crippen LogP contribution in [0.2, 0.25) is 0 Å². The van der Waals surface area contributed by atoms with E-state index in [2.05, 4.69) is 10.6 Å². The molecule has 0 aromatic rings. The lowest BCUT2D eigenvalue weighted by Gasteiger charge is -2.27. The van der Waals surface area contributed by atoms with Crippen molar-refractivity contribution in [1.82, 2.24) is 10.6 Å². The summed E-state index contributed by atoms with van der Waals surface area (Å²) in [7, 11) is 0. The Balaban J connectivity index is 1.29. The van der Waals surface area contributed by atoms with Gasteiger partial charge in [-0.15, -0.1) is 0 Å². The lowest BCUT2D eigenvalue weighted by Crippen LogP contribution is -2.49. The quantitative estimate of drug-likeness (QED) is 0.775. The maximum atomic E-state index is 12.1. The van der Waals surface area contributed by atoms with E-state index < -0.39 is 0 Å². The van der Waals surface area contributed by atoms with Crippen LogP contribution in [0.1, 0.15) is 51.4 Å². The summed E-state index contributed by atoms with van der Waals surface area (Å²) in [6, 6.07) is 1.06. The fourth-order valence-corrected chi connectivity index (χ4v) is 5.22. The minimum absolute atomic E-state index is 0.116. The van der Waals surface area contributed by atoms with Crippen molar-refractivity contribution < 1.29 is 4.79 Å². The van der Waals surface area contributed by atoms with E-state index in [1.54, 1.807) is 0 Å². The van der Waals surface area contributed by atoms with E-state index in [4.69, 9.17) is 0 Å². The average Bonchev–Trinajstić information content (AvgIpc) is 3.08. The van der Waals surface area contributed by atoms with Gasteiger partial charge in [0.05, 0.1) is 0 Å². The Morgan fingerprint density at radius 1 is 0.722 bits per heavy atom. The minimum Gasteiger partial charge on any atom is -0.335 e. The smallest absolute Gasteiger partial charge is 0.315 e. The molecule has 4 aliphatic carbocycles. The highest BCUT2D eigenvalue weighted by Gasteiger charge is 2.42. The van der Waals surface area contributed by atoms with Gasteiger partial charge >= 0.3 is 6.03 Å². The molecule has 100 valence electrons. The number of hydrogen-bond donors (Lipinski definition) is 2. The lowest BCUT2D eigenvalue weighted by molar-refractivity contribution is 0.221. The molecule has 0 radical (unpaired) electrons. The van der Waals surface area contributed by atoms with Gasteiger partial charge in [-0.25, -0.2) is 4.79 Å². The standard InChI is InChI=1S/C15H24N2O/c18-15(16-13-7-9-1-3-11(13)5-9)17-14-8-10-2-4-12(14)6-10/h9-14H,1-8H2,(H2,16,17,18). The van der Waals surface area contributed by atoms with Crippen molar-refractivity contribution in [3.05, 3.63) is 0 Å². The van der Waals surface area contributed by atoms with E-state index in [0.717, 1.165) is 23.7 Å². The normalized spacial score (nSPS) is 48.7. The maximum absolute atomic E-state index is 12.1. The molecule has 0 spiro atoms. The number of carbonyl (C=O) groups is 1. The second kappa shape index (κ2) is 4.14. The third kappa shape index (κ3) is 1.83. The summed E-state index contributed by atoms with van der Waals surface area (Å²) in [5, 5.41) is 6.49. The first-order valence-corrected chi connectivity index (χ1v) is 7.85. The summed E-state index contributed by atoms with van der Waals surface area (Å²) in [6.45, 7) is 0. The van der Waals surface area contributed by atoms with Gasteiger partial charge in [0.1, 0.15) is 0 Å². The Labute approximate surface area is 109 Å². The van der Waals surface area contributed by atoms with Gasteiger partial charge in [0.2, 0.25) is 0 Å². The number of amides is 2. The monoisotopic (exact) mass is 248 g/mol. The van der Waals surface area contributed by atoms with E-state index in [9.17, 15) is 4.79 Å². The predicted molar refractivity (Wildman–Crippen MR) is 70.1 cm³/mol. The Morgan fingerprint density at radius 3 is 1.56 bits per heavy atom. The first kappa shape index (κ1) is 11.1. The molecular formula is C15H24N2O. The first-order valence-electron chi connectivity index (χ1n) is 7.85. The first-order chi connectivity index (χ1) is 8.78. The molecule has 6 unspecified atom stereocenters. The molecule has 4 fully saturated rings. The molecule has 4 saturated carbocycles. The van der Waals surface area contributed by atoms with Crippen molar-refractivity contribution >= 4 is 6.03 Å². The summed E-state index contributed by atoms with van der Waals surface area (Å²) in [5.74, 6) is 3.37. The fraction of sp³-hybridized carbons (Fsp3) is 0.933. The van der Waals surface area contributed by atoms with Gasteiger partial charge in [-0.1, -0.05) is 12.8 Å². The topological polar surface area (TPSA) is 41.1 Å². The van der Waals surface area contributed by atoms with Crippen LogP contribution in [0.5, 0.6) is 0 Å². The minimum atomic E-state index is 0.116. The molecule has 4 rings (SSSR count). The van der Waals surface area contributed by atoms with Crippen molar-refractivity contribution in [2.45, 2.75) is 63.5 Å². The summed E-state index contributed by atoms with van der Waals surface area (Å²) in [5.41, 5.74) is 0. The number of fused-ring (bicyclic) bond motifs is 4. The van der Waals surface area contributed by atoms with Crippen LogP contribution in [0, 0.1) is 23.7 Å². The van der Waals surface area contributed by atoms with E-state index in [1.165, 1.54) is 51.4 Å². The molecule has 0 saturated heterocycles. The van der Waals surface area contributed by atoms with Gasteiger partial charge in [0.15, 0.2) is 0 Å². The molecule has 2 amide bonds. The molecule has 0 aliphatic heterocycles. The van der Waals surface area contributed by atoms with Crippen molar-refractivity contribution in [2.75, 3.05) is 0 Å². The Bertz CT molecular complexity index is 324. The lowest BCUT2D eigenvalue weighted by atomic mass is 9.95. The number of rotatable bonds is 2. The number of nitrogens with one attached hydrogen (secondary N) is 2. The molecule has 0 aromatic carbocycles. The van der Waals surface area contributed by atoms with E-state index in [1.807, 2.05) is 0 Å². The summed E-state index contributed by atoms with van der Waals surface area (Å²) < 4.78 is 0. The predicted octanol–water partition coefficient (Wildman–Crippen LogP) is 2.66. The highest BCUT2D eigenvalue weighted by molar-refractivity contribution is 5.74. The zero-order valence-corrected chi connectivity index (χ0v) is 11.0. The van der Waals surface area contributed by atoms with Crippen molar-refractivity contribution in [3.63, 3.8) is 0 Å². The average molecular weight is 248 g/mol. The van der Waals surface area contributed by atoms with Crippen LogP contribution >= 0.6 is 0 Å². The van der Waals surface area contributed by atoms with Crippen molar-refractivity contribution in [2.24, 2.45) is 23.7 Å². The van der Waals surface area contributed by atoms with E-state index in [-0.39, 0.29) is 6.03 Å². The third-order valence-corrected chi connectivity index (χ3v) is 6.11. The van der Waals surface area contributed by atoms with Crippen LogP contribution in [0.4, 0.5) is 4.79 Å². The molecular weight excluding hydrogens is 224 g/mol. The number of carbonyl (C=O) groups excluding carboxylic acids is 1. The molecule has 18 heavy (non-hydrogen) atoms. The van der Waals surface area contributed by atoms with Gasteiger partial charge in [-0.3, -0.25) is 0 Å². The van der Waals surface area contributed by atoms with E-state index in [0.29, 0.717) is 12.1 Å². The molecule has 3 nitrogen and oxygen atoms in total. The third-order valence-electron chi connectivity index (χ3n) is 6.11. The SMILES string of the molecule is O=C(NC1CC2CCC1C2)NC1CC2CCC1C2. The van der Waals surface area contributed by atoms with Crippen molar-refractivity contribution in [3.8, 4) is 0 Å². The zero-order valence-electron chi connectivity index (χ0n) is 11.0. The van der Waals surface area contributed by atoms with Gasteiger partial charge in [0, 0.05) is 12.1 Å². The second-order valence-corrected chi connectivity index (χ2v) is 7.18. The van der Waals surface area contributed by atoms with Crippen LogP contribution in [-0.4, -0.2) is 18.1 Å². The molecule has 0 heterocycles. The fourth-order valence-electron chi connectivity index (χ4n) is 5.22. The van der Waals surface area contributed by atoms with Gasteiger partial charge in [-0.2, -0.15) is 0 Å². The van der Waals surface area contributed by atoms with Crippen LogP contribution in [-0.2, 0) is 0 Å². The number of hydrogen-bond acceptors (Lipinski definition) is 1. The molecule has 2 N–H and O–H groups in total. The highest BCUT2D eigenvalue weighted by Crippen LogP contribution is 2.45. The largest absolute Gasteiger partial charge is 0.335 e. The maximum Gasteiger partial charge on any atom is 0.315 e. The Hall–Kier alpha value is -0.730. The van der Waals surface area contributed by atoms with Gasteiger partial charge in [-0.05, 0) is 62.2 Å². The summed E-state index contributed by atoms with van der Waals surface area (Å²) in [6.07, 6.45) is 10.7. The molecule has 3 heteroatoms. The number of urea groups is 1. The van der Waals surface area contributed by atoms with E-state index >= 15 is 0 Å². The van der Waals surface area contributed by atoms with Crippen LogP contribution in [0.3, 0.4) is 0 Å². The molecule has 4 aliphatic rings. The highest BCUT2D eigenvalue weighted by atomic mass is 16.2. The van der Waals surface area contributed by atoms with Crippen molar-refractivity contribution in [1.29, 1.82) is 0 Å². The molecule has 0 aromatic heterocycles. The molecule has 6 atom stereocenters. The Morgan fingerprint density at radius 2 is 1.22 bits per heavy atom. The molecule has 4 bridgehead atoms. The second-order valence-electron chi connectivity index (χ2n) is 7.18.